The summed E-state index contributed by atoms with van der Waals surface area (Å²) in [6.07, 6.45) is -3.66. The van der Waals surface area contributed by atoms with E-state index in [2.05, 4.69) is 4.98 Å². The second kappa shape index (κ2) is 7.20. The van der Waals surface area contributed by atoms with Crippen molar-refractivity contribution in [2.45, 2.75) is 6.18 Å². The fraction of sp³-hybridized carbons (Fsp3) is 0.500. The van der Waals surface area contributed by atoms with Crippen LogP contribution < -0.4 is 0 Å². The zero-order valence-electron chi connectivity index (χ0n) is 10.9. The van der Waals surface area contributed by atoms with Crippen molar-refractivity contribution >= 4 is 5.91 Å². The molecule has 0 radical (unpaired) electrons. The van der Waals surface area contributed by atoms with Gasteiger partial charge in [0, 0.05) is 26.4 Å². The van der Waals surface area contributed by atoms with Gasteiger partial charge in [-0.1, -0.05) is 0 Å². The number of hydrogen-bond acceptors (Lipinski definition) is 4. The molecule has 1 aromatic rings. The molecule has 112 valence electrons. The molecular weight excluding hydrogens is 277 g/mol. The number of aliphatic hydroxyl groups is 1. The second-order valence-electron chi connectivity index (χ2n) is 3.94. The van der Waals surface area contributed by atoms with Gasteiger partial charge < -0.3 is 14.7 Å². The van der Waals surface area contributed by atoms with Gasteiger partial charge in [0.25, 0.3) is 5.91 Å². The minimum absolute atomic E-state index is 0.0301. The molecule has 0 aliphatic rings. The van der Waals surface area contributed by atoms with Crippen LogP contribution in [-0.2, 0) is 10.9 Å². The number of nitrogens with zero attached hydrogens (tertiary/aromatic N) is 2. The Balaban J connectivity index is 2.83. The highest BCUT2D eigenvalue weighted by Gasteiger charge is 2.32. The van der Waals surface area contributed by atoms with Gasteiger partial charge in [-0.2, -0.15) is 13.2 Å². The monoisotopic (exact) mass is 292 g/mol. The van der Waals surface area contributed by atoms with Crippen LogP contribution in [0.2, 0.25) is 0 Å². The number of ether oxygens (including phenoxy) is 1. The molecular formula is C12H15F3N2O3. The Morgan fingerprint density at radius 2 is 2.10 bits per heavy atom. The summed E-state index contributed by atoms with van der Waals surface area (Å²) in [7, 11) is 1.46. The summed E-state index contributed by atoms with van der Waals surface area (Å²) in [5.41, 5.74) is -1.03. The van der Waals surface area contributed by atoms with Gasteiger partial charge in [-0.3, -0.25) is 9.78 Å². The fourth-order valence-corrected chi connectivity index (χ4v) is 1.51. The Morgan fingerprint density at radius 1 is 1.40 bits per heavy atom. The van der Waals surface area contributed by atoms with E-state index in [1.807, 2.05) is 0 Å². The molecule has 0 aliphatic carbocycles. The normalized spacial score (nSPS) is 11.4. The van der Waals surface area contributed by atoms with Crippen molar-refractivity contribution in [1.82, 2.24) is 9.88 Å². The van der Waals surface area contributed by atoms with E-state index >= 15 is 0 Å². The predicted octanol–water partition coefficient (Wildman–Crippen LogP) is 1.18. The van der Waals surface area contributed by atoms with Crippen LogP contribution in [0.1, 0.15) is 16.1 Å². The third kappa shape index (κ3) is 4.46. The molecule has 5 nitrogen and oxygen atoms in total. The van der Waals surface area contributed by atoms with E-state index in [0.717, 1.165) is 18.3 Å². The van der Waals surface area contributed by atoms with Gasteiger partial charge in [-0.05, 0) is 12.1 Å². The van der Waals surface area contributed by atoms with Crippen molar-refractivity contribution in [3.8, 4) is 0 Å². The van der Waals surface area contributed by atoms with Gasteiger partial charge >= 0.3 is 6.18 Å². The number of hydrogen-bond donors (Lipinski definition) is 1. The molecule has 1 heterocycles. The van der Waals surface area contributed by atoms with Gasteiger partial charge in [0.15, 0.2) is 0 Å². The van der Waals surface area contributed by atoms with Crippen LogP contribution in [0.3, 0.4) is 0 Å². The molecule has 0 atom stereocenters. The third-order valence-electron chi connectivity index (χ3n) is 2.52. The van der Waals surface area contributed by atoms with E-state index in [0.29, 0.717) is 0 Å². The Bertz CT molecular complexity index is 435. The van der Waals surface area contributed by atoms with Crippen LogP contribution in [0.15, 0.2) is 18.3 Å². The maximum absolute atomic E-state index is 12.4. The number of methoxy groups -OCH3 is 1. The molecule has 0 fully saturated rings. The highest BCUT2D eigenvalue weighted by molar-refractivity contribution is 5.93. The Labute approximate surface area is 114 Å². The number of aromatic nitrogens is 1. The van der Waals surface area contributed by atoms with Crippen molar-refractivity contribution in [3.63, 3.8) is 0 Å². The first-order chi connectivity index (χ1) is 9.40. The van der Waals surface area contributed by atoms with Gasteiger partial charge in [-0.15, -0.1) is 0 Å². The van der Waals surface area contributed by atoms with Gasteiger partial charge in [0.2, 0.25) is 0 Å². The number of carbonyl (C=O) groups excluding carboxylic acids is 1. The summed E-state index contributed by atoms with van der Waals surface area (Å²) in [5.74, 6) is -0.502. The van der Waals surface area contributed by atoms with Crippen LogP contribution in [0.4, 0.5) is 13.2 Å². The minimum atomic E-state index is -4.54. The number of pyridine rings is 1. The SMILES string of the molecule is COCCN(CCO)C(=O)c1ccc(C(F)(F)F)nc1. The number of amides is 1. The fourth-order valence-electron chi connectivity index (χ4n) is 1.51. The first-order valence-electron chi connectivity index (χ1n) is 5.82. The van der Waals surface area contributed by atoms with Crippen molar-refractivity contribution in [2.75, 3.05) is 33.4 Å². The molecule has 1 aromatic heterocycles. The number of alkyl halides is 3. The summed E-state index contributed by atoms with van der Waals surface area (Å²) in [6.45, 7) is 0.323. The third-order valence-corrected chi connectivity index (χ3v) is 2.52. The lowest BCUT2D eigenvalue weighted by Crippen LogP contribution is -2.36. The van der Waals surface area contributed by atoms with Crippen LogP contribution in [0, 0.1) is 0 Å². The summed E-state index contributed by atoms with van der Waals surface area (Å²) in [5, 5.41) is 8.88. The Hall–Kier alpha value is -1.67. The molecule has 1 N–H and O–H groups in total. The van der Waals surface area contributed by atoms with Crippen molar-refractivity contribution in [1.29, 1.82) is 0 Å². The van der Waals surface area contributed by atoms with Crippen molar-refractivity contribution in [3.05, 3.63) is 29.6 Å². The molecule has 0 saturated carbocycles. The second-order valence-corrected chi connectivity index (χ2v) is 3.94. The molecule has 0 unspecified atom stereocenters. The Kier molecular flexibility index (Phi) is 5.90. The number of carbonyl (C=O) groups is 1. The van der Waals surface area contributed by atoms with E-state index in [1.165, 1.54) is 12.0 Å². The highest BCUT2D eigenvalue weighted by Crippen LogP contribution is 2.27. The Morgan fingerprint density at radius 3 is 2.55 bits per heavy atom. The topological polar surface area (TPSA) is 62.7 Å². The summed E-state index contributed by atoms with van der Waals surface area (Å²) in [4.78, 5) is 16.6. The summed E-state index contributed by atoms with van der Waals surface area (Å²) < 4.78 is 41.9. The smallest absolute Gasteiger partial charge is 0.395 e. The quantitative estimate of drug-likeness (QED) is 0.855. The maximum atomic E-state index is 12.4. The van der Waals surface area contributed by atoms with Crippen molar-refractivity contribution in [2.24, 2.45) is 0 Å². The number of halogens is 3. The number of rotatable bonds is 6. The van der Waals surface area contributed by atoms with E-state index in [1.54, 1.807) is 0 Å². The zero-order chi connectivity index (χ0) is 15.2. The predicted molar refractivity (Wildman–Crippen MR) is 64.1 cm³/mol. The van der Waals surface area contributed by atoms with Crippen LogP contribution in [0.25, 0.3) is 0 Å². The lowest BCUT2D eigenvalue weighted by atomic mass is 10.2. The van der Waals surface area contributed by atoms with E-state index in [4.69, 9.17) is 9.84 Å². The van der Waals surface area contributed by atoms with E-state index < -0.39 is 17.8 Å². The largest absolute Gasteiger partial charge is 0.433 e. The minimum Gasteiger partial charge on any atom is -0.395 e. The van der Waals surface area contributed by atoms with Crippen LogP contribution >= 0.6 is 0 Å². The van der Waals surface area contributed by atoms with E-state index in [-0.39, 0.29) is 31.9 Å². The summed E-state index contributed by atoms with van der Waals surface area (Å²) >= 11 is 0. The van der Waals surface area contributed by atoms with Crippen LogP contribution in [0.5, 0.6) is 0 Å². The zero-order valence-corrected chi connectivity index (χ0v) is 10.9. The van der Waals surface area contributed by atoms with Gasteiger partial charge in [0.1, 0.15) is 5.69 Å². The standard InChI is InChI=1S/C12H15F3N2O3/c1-20-7-5-17(4-6-18)11(19)9-2-3-10(16-8-9)12(13,14)15/h2-3,8,18H,4-7H2,1H3. The molecule has 0 aliphatic heterocycles. The molecule has 0 spiro atoms. The molecule has 1 rings (SSSR count). The van der Waals surface area contributed by atoms with Crippen LogP contribution in [-0.4, -0.2) is 54.3 Å². The highest BCUT2D eigenvalue weighted by atomic mass is 19.4. The van der Waals surface area contributed by atoms with Gasteiger partial charge in [-0.25, -0.2) is 0 Å². The average molecular weight is 292 g/mol. The van der Waals surface area contributed by atoms with Crippen molar-refractivity contribution < 1.29 is 27.8 Å². The van der Waals surface area contributed by atoms with Gasteiger partial charge in [0.05, 0.1) is 18.8 Å². The van der Waals surface area contributed by atoms with E-state index in [9.17, 15) is 18.0 Å². The molecule has 0 bridgehead atoms. The maximum Gasteiger partial charge on any atom is 0.433 e. The first kappa shape index (κ1) is 16.4. The molecule has 1 amide bonds. The molecule has 0 aromatic carbocycles. The average Bonchev–Trinajstić information content (AvgIpc) is 2.42. The first-order valence-corrected chi connectivity index (χ1v) is 5.82. The molecule has 0 saturated heterocycles. The lowest BCUT2D eigenvalue weighted by molar-refractivity contribution is -0.141. The molecule has 8 heteroatoms. The summed E-state index contributed by atoms with van der Waals surface area (Å²) in [6, 6.07) is 1.82. The number of aliphatic hydroxyl groups excluding tert-OH is 1. The molecule has 20 heavy (non-hydrogen) atoms. The lowest BCUT2D eigenvalue weighted by Gasteiger charge is -2.21.